The van der Waals surface area contributed by atoms with E-state index in [2.05, 4.69) is 4.90 Å². The average Bonchev–Trinajstić information content (AvgIpc) is 3.52. The molecule has 1 aromatic heterocycles. The third-order valence-electron chi connectivity index (χ3n) is 6.46. The highest BCUT2D eigenvalue weighted by Crippen LogP contribution is 2.36. The fourth-order valence-corrected chi connectivity index (χ4v) is 4.60. The van der Waals surface area contributed by atoms with Crippen LogP contribution in [-0.2, 0) is 9.47 Å². The van der Waals surface area contributed by atoms with Crippen molar-refractivity contribution in [3.8, 4) is 11.4 Å². The minimum absolute atomic E-state index is 0.0587. The van der Waals surface area contributed by atoms with Crippen LogP contribution in [0.3, 0.4) is 0 Å². The van der Waals surface area contributed by atoms with Crippen molar-refractivity contribution in [2.75, 3.05) is 40.5 Å². The summed E-state index contributed by atoms with van der Waals surface area (Å²) in [6.45, 7) is 6.74. The van der Waals surface area contributed by atoms with E-state index in [0.29, 0.717) is 31.3 Å². The minimum atomic E-state index is -0.661. The molecule has 0 saturated carbocycles. The van der Waals surface area contributed by atoms with Gasteiger partial charge in [0.25, 0.3) is 5.69 Å². The monoisotopic (exact) mass is 473 g/mol. The highest BCUT2D eigenvalue weighted by molar-refractivity contribution is 5.94. The number of rotatable bonds is 7. The average molecular weight is 474 g/mol. The van der Waals surface area contributed by atoms with Gasteiger partial charge in [0.15, 0.2) is 0 Å². The Kier molecular flexibility index (Phi) is 9.06. The summed E-state index contributed by atoms with van der Waals surface area (Å²) in [6, 6.07) is 6.98. The first-order valence-corrected chi connectivity index (χ1v) is 12.0. The first-order valence-electron chi connectivity index (χ1n) is 12.0. The molecule has 2 aromatic rings. The summed E-state index contributed by atoms with van der Waals surface area (Å²) in [4.78, 5) is 26.1. The Labute approximate surface area is 200 Å². The molecule has 0 radical (unpaired) electrons. The fourth-order valence-electron chi connectivity index (χ4n) is 4.60. The van der Waals surface area contributed by atoms with Gasteiger partial charge >= 0.3 is 5.97 Å². The lowest BCUT2D eigenvalue weighted by atomic mass is 9.96. The van der Waals surface area contributed by atoms with Crippen molar-refractivity contribution < 1.29 is 23.9 Å². The second-order valence-corrected chi connectivity index (χ2v) is 8.36. The van der Waals surface area contributed by atoms with E-state index in [-0.39, 0.29) is 23.2 Å². The third kappa shape index (κ3) is 5.59. The molecule has 34 heavy (non-hydrogen) atoms. The van der Waals surface area contributed by atoms with Crippen LogP contribution in [0.4, 0.5) is 5.69 Å². The number of carbonyl (C=O) groups is 1. The number of nitrogens with zero attached hydrogens (tertiary/aromatic N) is 3. The highest BCUT2D eigenvalue weighted by Gasteiger charge is 2.28. The zero-order valence-corrected chi connectivity index (χ0v) is 20.5. The molecule has 2 aliphatic heterocycles. The number of nitro benzene ring substituents is 1. The number of hydrogen-bond donors (Lipinski definition) is 0. The largest absolute Gasteiger partial charge is 0.491 e. The lowest BCUT2D eigenvalue weighted by Gasteiger charge is -2.24. The summed E-state index contributed by atoms with van der Waals surface area (Å²) in [5, 5.41) is 12.0. The van der Waals surface area contributed by atoms with Gasteiger partial charge in [0, 0.05) is 49.2 Å². The molecule has 186 valence electrons. The molecular formula is C25H35N3O6. The molecule has 0 spiro atoms. The quantitative estimate of drug-likeness (QED) is 0.330. The van der Waals surface area contributed by atoms with Crippen LogP contribution in [0.2, 0.25) is 0 Å². The molecule has 0 bridgehead atoms. The first-order chi connectivity index (χ1) is 16.5. The number of benzene rings is 1. The van der Waals surface area contributed by atoms with Crippen LogP contribution in [0.15, 0.2) is 30.5 Å². The van der Waals surface area contributed by atoms with Gasteiger partial charge in [-0.15, -0.1) is 0 Å². The molecule has 2 fully saturated rings. The SMILES string of the molecule is CC.COC(=O)c1cc([N+](=O)[O-])c(-n2cccc2C2CCOCC2)cc1OCC1CCCN1C. The zero-order valence-electron chi connectivity index (χ0n) is 20.5. The number of ether oxygens (including phenoxy) is 3. The van der Waals surface area contributed by atoms with Crippen LogP contribution in [0.5, 0.6) is 5.75 Å². The number of likely N-dealkylation sites (tertiary alicyclic amines) is 1. The zero-order chi connectivity index (χ0) is 24.7. The van der Waals surface area contributed by atoms with Gasteiger partial charge in [0.05, 0.1) is 12.0 Å². The molecule has 0 N–H and O–H groups in total. The second kappa shape index (κ2) is 12.0. The van der Waals surface area contributed by atoms with E-state index in [1.165, 1.54) is 13.2 Å². The molecule has 9 heteroatoms. The number of hydrogen-bond acceptors (Lipinski definition) is 7. The summed E-state index contributed by atoms with van der Waals surface area (Å²) < 4.78 is 18.3. The third-order valence-corrected chi connectivity index (χ3v) is 6.46. The van der Waals surface area contributed by atoms with Crippen molar-refractivity contribution in [3.63, 3.8) is 0 Å². The van der Waals surface area contributed by atoms with Crippen molar-refractivity contribution in [3.05, 3.63) is 51.8 Å². The number of aromatic nitrogens is 1. The molecule has 1 atom stereocenters. The number of methoxy groups -OCH3 is 1. The maximum Gasteiger partial charge on any atom is 0.341 e. The molecular weight excluding hydrogens is 438 g/mol. The van der Waals surface area contributed by atoms with Gasteiger partial charge in [-0.05, 0) is 51.4 Å². The number of likely N-dealkylation sites (N-methyl/N-ethyl adjacent to an activating group) is 1. The number of carbonyl (C=O) groups excluding carboxylic acids is 1. The van der Waals surface area contributed by atoms with Crippen molar-refractivity contribution >= 4 is 11.7 Å². The molecule has 1 aromatic carbocycles. The first kappa shape index (κ1) is 25.7. The number of esters is 1. The van der Waals surface area contributed by atoms with Crippen LogP contribution in [0.1, 0.15) is 61.5 Å². The molecule has 0 aliphatic carbocycles. The van der Waals surface area contributed by atoms with Crippen molar-refractivity contribution in [1.29, 1.82) is 0 Å². The van der Waals surface area contributed by atoms with E-state index < -0.39 is 10.9 Å². The van der Waals surface area contributed by atoms with E-state index in [1.54, 1.807) is 6.07 Å². The van der Waals surface area contributed by atoms with Gasteiger partial charge in [0.2, 0.25) is 0 Å². The van der Waals surface area contributed by atoms with Gasteiger partial charge in [-0.2, -0.15) is 0 Å². The molecule has 2 aliphatic rings. The smallest absolute Gasteiger partial charge is 0.341 e. The Balaban J connectivity index is 0.00000158. The summed E-state index contributed by atoms with van der Waals surface area (Å²) in [5.74, 6) is -0.119. The van der Waals surface area contributed by atoms with E-state index in [4.69, 9.17) is 14.2 Å². The Hall–Kier alpha value is -2.91. The summed E-state index contributed by atoms with van der Waals surface area (Å²) >= 11 is 0. The molecule has 2 saturated heterocycles. The molecule has 0 amide bonds. The minimum Gasteiger partial charge on any atom is -0.491 e. The van der Waals surface area contributed by atoms with Crippen LogP contribution >= 0.6 is 0 Å². The van der Waals surface area contributed by atoms with Crippen LogP contribution < -0.4 is 4.74 Å². The lowest BCUT2D eigenvalue weighted by molar-refractivity contribution is -0.384. The van der Waals surface area contributed by atoms with E-state index >= 15 is 0 Å². The second-order valence-electron chi connectivity index (χ2n) is 8.36. The van der Waals surface area contributed by atoms with Crippen LogP contribution in [0, 0.1) is 10.1 Å². The lowest BCUT2D eigenvalue weighted by Crippen LogP contribution is -2.31. The normalized spacial score (nSPS) is 18.8. The Bertz CT molecular complexity index is 983. The molecule has 4 rings (SSSR count). The van der Waals surface area contributed by atoms with E-state index in [0.717, 1.165) is 37.9 Å². The van der Waals surface area contributed by atoms with E-state index in [9.17, 15) is 14.9 Å². The standard InChI is InChI=1S/C23H29N3O6.C2H6/c1-24-9-3-5-17(24)15-32-22-14-20(21(26(28)29)13-18(22)23(27)30-2)25-10-4-6-19(25)16-7-11-31-12-8-16;1-2/h4,6,10,13-14,16-17H,3,5,7-9,11-12,15H2,1-2H3;1-2H3. The maximum absolute atomic E-state index is 12.4. The predicted octanol–water partition coefficient (Wildman–Crippen LogP) is 4.57. The predicted molar refractivity (Wildman–Crippen MR) is 129 cm³/mol. The Morgan fingerprint density at radius 2 is 1.97 bits per heavy atom. The van der Waals surface area contributed by atoms with Crippen LogP contribution in [-0.4, -0.2) is 66.9 Å². The highest BCUT2D eigenvalue weighted by atomic mass is 16.6. The van der Waals surface area contributed by atoms with Crippen molar-refractivity contribution in [2.24, 2.45) is 0 Å². The van der Waals surface area contributed by atoms with Gasteiger partial charge in [0.1, 0.15) is 23.6 Å². The summed E-state index contributed by atoms with van der Waals surface area (Å²) in [5.41, 5.74) is 1.26. The van der Waals surface area contributed by atoms with Gasteiger partial charge in [-0.3, -0.25) is 10.1 Å². The Morgan fingerprint density at radius 3 is 2.59 bits per heavy atom. The molecule has 3 heterocycles. The molecule has 1 unspecified atom stereocenters. The van der Waals surface area contributed by atoms with Crippen LogP contribution in [0.25, 0.3) is 5.69 Å². The maximum atomic E-state index is 12.4. The summed E-state index contributed by atoms with van der Waals surface area (Å²) in [6.07, 6.45) is 5.64. The molecule has 9 nitrogen and oxygen atoms in total. The van der Waals surface area contributed by atoms with Gasteiger partial charge < -0.3 is 23.7 Å². The van der Waals surface area contributed by atoms with Gasteiger partial charge in [-0.25, -0.2) is 4.79 Å². The number of nitro groups is 1. The van der Waals surface area contributed by atoms with Crippen molar-refractivity contribution in [1.82, 2.24) is 9.47 Å². The van der Waals surface area contributed by atoms with Crippen molar-refractivity contribution in [2.45, 2.75) is 51.5 Å². The fraction of sp³-hybridized carbons (Fsp3) is 0.560. The summed E-state index contributed by atoms with van der Waals surface area (Å²) in [7, 11) is 3.30. The van der Waals surface area contributed by atoms with Gasteiger partial charge in [-0.1, -0.05) is 13.8 Å². The Morgan fingerprint density at radius 1 is 1.24 bits per heavy atom. The van der Waals surface area contributed by atoms with E-state index in [1.807, 2.05) is 43.8 Å². The topological polar surface area (TPSA) is 96.1 Å².